The lowest BCUT2D eigenvalue weighted by Crippen LogP contribution is -2.42. The molecule has 1 fully saturated rings. The molecule has 2 rings (SSSR count). The van der Waals surface area contributed by atoms with Gasteiger partial charge in [-0.05, 0) is 59.2 Å². The fourth-order valence-corrected chi connectivity index (χ4v) is 3.13. The third-order valence-electron chi connectivity index (χ3n) is 2.49. The van der Waals surface area contributed by atoms with Crippen LogP contribution in [-0.2, 0) is 0 Å². The van der Waals surface area contributed by atoms with Gasteiger partial charge in [-0.2, -0.15) is 0 Å². The second kappa shape index (κ2) is 5.19. The Labute approximate surface area is 97.8 Å². The highest BCUT2D eigenvalue weighted by Gasteiger charge is 2.15. The molecule has 76 valence electrons. The zero-order valence-electron chi connectivity index (χ0n) is 8.00. The molecule has 1 N–H and O–H groups in total. The minimum absolute atomic E-state index is 0.921. The third-order valence-corrected chi connectivity index (χ3v) is 4.55. The Hall–Kier alpha value is 0.01000. The first-order valence-electron chi connectivity index (χ1n) is 4.94. The van der Waals surface area contributed by atoms with Crippen molar-refractivity contribution in [3.63, 3.8) is 0 Å². The SMILES string of the molecule is Brc1ccccc1SCCC1CNC1. The number of thioether (sulfide) groups is 1. The highest BCUT2D eigenvalue weighted by atomic mass is 79.9. The minimum Gasteiger partial charge on any atom is -0.316 e. The van der Waals surface area contributed by atoms with Crippen LogP contribution in [0.2, 0.25) is 0 Å². The summed E-state index contributed by atoms with van der Waals surface area (Å²) in [7, 11) is 0. The Kier molecular flexibility index (Phi) is 3.90. The third kappa shape index (κ3) is 2.75. The summed E-state index contributed by atoms with van der Waals surface area (Å²) in [5.74, 6) is 2.15. The summed E-state index contributed by atoms with van der Waals surface area (Å²) in [6.07, 6.45) is 1.33. The van der Waals surface area contributed by atoms with Crippen molar-refractivity contribution in [2.45, 2.75) is 11.3 Å². The van der Waals surface area contributed by atoms with E-state index >= 15 is 0 Å². The van der Waals surface area contributed by atoms with E-state index in [2.05, 4.69) is 45.5 Å². The van der Waals surface area contributed by atoms with Crippen LogP contribution in [-0.4, -0.2) is 18.8 Å². The first-order chi connectivity index (χ1) is 6.86. The summed E-state index contributed by atoms with van der Waals surface area (Å²) in [6.45, 7) is 2.44. The van der Waals surface area contributed by atoms with Crippen molar-refractivity contribution in [2.75, 3.05) is 18.8 Å². The number of nitrogens with one attached hydrogen (secondary N) is 1. The smallest absolute Gasteiger partial charge is 0.0311 e. The molecule has 0 atom stereocenters. The summed E-state index contributed by atoms with van der Waals surface area (Å²) >= 11 is 5.51. The van der Waals surface area contributed by atoms with Gasteiger partial charge >= 0.3 is 0 Å². The maximum atomic E-state index is 3.56. The van der Waals surface area contributed by atoms with Crippen LogP contribution in [0.25, 0.3) is 0 Å². The Bertz CT molecular complexity index is 299. The van der Waals surface area contributed by atoms with Crippen molar-refractivity contribution in [3.05, 3.63) is 28.7 Å². The molecular formula is C11H14BrNS. The lowest BCUT2D eigenvalue weighted by molar-refractivity contribution is 0.341. The number of hydrogen-bond acceptors (Lipinski definition) is 2. The average molecular weight is 272 g/mol. The van der Waals surface area contributed by atoms with Crippen molar-refractivity contribution < 1.29 is 0 Å². The molecule has 0 saturated carbocycles. The largest absolute Gasteiger partial charge is 0.316 e. The maximum Gasteiger partial charge on any atom is 0.0311 e. The predicted octanol–water partition coefficient (Wildman–Crippen LogP) is 3.15. The molecular weight excluding hydrogens is 258 g/mol. The standard InChI is InChI=1S/C11H14BrNS/c12-10-3-1-2-4-11(10)14-6-5-9-7-13-8-9/h1-4,9,13H,5-8H2. The zero-order chi connectivity index (χ0) is 9.80. The van der Waals surface area contributed by atoms with E-state index in [1.807, 2.05) is 11.8 Å². The summed E-state index contributed by atoms with van der Waals surface area (Å²) in [5, 5.41) is 3.30. The highest BCUT2D eigenvalue weighted by Crippen LogP contribution is 2.28. The number of rotatable bonds is 4. The molecule has 0 radical (unpaired) electrons. The van der Waals surface area contributed by atoms with Gasteiger partial charge in [0.25, 0.3) is 0 Å². The van der Waals surface area contributed by atoms with Gasteiger partial charge in [0.15, 0.2) is 0 Å². The van der Waals surface area contributed by atoms with Crippen LogP contribution in [0.1, 0.15) is 6.42 Å². The van der Waals surface area contributed by atoms with Gasteiger partial charge in [-0.15, -0.1) is 11.8 Å². The number of benzene rings is 1. The van der Waals surface area contributed by atoms with Crippen molar-refractivity contribution >= 4 is 27.7 Å². The Balaban J connectivity index is 1.76. The van der Waals surface area contributed by atoms with Crippen LogP contribution in [0.4, 0.5) is 0 Å². The molecule has 1 aromatic carbocycles. The van der Waals surface area contributed by atoms with E-state index in [0.29, 0.717) is 0 Å². The van der Waals surface area contributed by atoms with Crippen LogP contribution in [0.15, 0.2) is 33.6 Å². The van der Waals surface area contributed by atoms with Crippen LogP contribution < -0.4 is 5.32 Å². The molecule has 1 saturated heterocycles. The molecule has 1 aromatic rings. The Morgan fingerprint density at radius 2 is 2.14 bits per heavy atom. The fourth-order valence-electron chi connectivity index (χ4n) is 1.45. The van der Waals surface area contributed by atoms with Crippen molar-refractivity contribution in [1.82, 2.24) is 5.32 Å². The first-order valence-corrected chi connectivity index (χ1v) is 6.72. The molecule has 0 bridgehead atoms. The van der Waals surface area contributed by atoms with E-state index in [9.17, 15) is 0 Å². The number of hydrogen-bond donors (Lipinski definition) is 1. The molecule has 0 spiro atoms. The van der Waals surface area contributed by atoms with Crippen LogP contribution >= 0.6 is 27.7 Å². The van der Waals surface area contributed by atoms with Crippen LogP contribution in [0, 0.1) is 5.92 Å². The monoisotopic (exact) mass is 271 g/mol. The minimum atomic E-state index is 0.921. The Morgan fingerprint density at radius 3 is 2.79 bits per heavy atom. The van der Waals surface area contributed by atoms with E-state index in [4.69, 9.17) is 0 Å². The van der Waals surface area contributed by atoms with Gasteiger partial charge in [-0.1, -0.05) is 12.1 Å². The van der Waals surface area contributed by atoms with Crippen molar-refractivity contribution in [3.8, 4) is 0 Å². The van der Waals surface area contributed by atoms with Gasteiger partial charge in [0, 0.05) is 9.37 Å². The molecule has 0 unspecified atom stereocenters. The molecule has 1 nitrogen and oxygen atoms in total. The summed E-state index contributed by atoms with van der Waals surface area (Å²) in [4.78, 5) is 1.36. The zero-order valence-corrected chi connectivity index (χ0v) is 10.4. The molecule has 0 aromatic heterocycles. The second-order valence-electron chi connectivity index (χ2n) is 3.59. The van der Waals surface area contributed by atoms with Crippen molar-refractivity contribution in [2.24, 2.45) is 5.92 Å². The van der Waals surface area contributed by atoms with Crippen LogP contribution in [0.5, 0.6) is 0 Å². The topological polar surface area (TPSA) is 12.0 Å². The van der Waals surface area contributed by atoms with E-state index in [0.717, 1.165) is 5.92 Å². The van der Waals surface area contributed by atoms with Gasteiger partial charge in [0.2, 0.25) is 0 Å². The van der Waals surface area contributed by atoms with E-state index in [-0.39, 0.29) is 0 Å². The maximum absolute atomic E-state index is 3.56. The van der Waals surface area contributed by atoms with E-state index < -0.39 is 0 Å². The van der Waals surface area contributed by atoms with Crippen LogP contribution in [0.3, 0.4) is 0 Å². The summed E-state index contributed by atoms with van der Waals surface area (Å²) in [5.41, 5.74) is 0. The average Bonchev–Trinajstić information content (AvgIpc) is 2.12. The predicted molar refractivity (Wildman–Crippen MR) is 65.8 cm³/mol. The fraction of sp³-hybridized carbons (Fsp3) is 0.455. The second-order valence-corrected chi connectivity index (χ2v) is 5.58. The van der Waals surface area contributed by atoms with Gasteiger partial charge < -0.3 is 5.32 Å². The van der Waals surface area contributed by atoms with Gasteiger partial charge in [-0.25, -0.2) is 0 Å². The lowest BCUT2D eigenvalue weighted by Gasteiger charge is -2.26. The molecule has 1 aliphatic rings. The highest BCUT2D eigenvalue weighted by molar-refractivity contribution is 9.10. The molecule has 0 amide bonds. The quantitative estimate of drug-likeness (QED) is 0.845. The molecule has 3 heteroatoms. The van der Waals surface area contributed by atoms with Gasteiger partial charge in [-0.3, -0.25) is 0 Å². The number of halogens is 1. The Morgan fingerprint density at radius 1 is 1.36 bits per heavy atom. The van der Waals surface area contributed by atoms with Gasteiger partial charge in [0.05, 0.1) is 0 Å². The normalized spacial score (nSPS) is 16.6. The molecule has 1 heterocycles. The van der Waals surface area contributed by atoms with Crippen molar-refractivity contribution in [1.29, 1.82) is 0 Å². The lowest BCUT2D eigenvalue weighted by atomic mass is 10.0. The summed E-state index contributed by atoms with van der Waals surface area (Å²) in [6, 6.07) is 8.43. The summed E-state index contributed by atoms with van der Waals surface area (Å²) < 4.78 is 1.22. The first kappa shape index (κ1) is 10.5. The van der Waals surface area contributed by atoms with E-state index in [1.54, 1.807) is 0 Å². The molecule has 0 aliphatic carbocycles. The van der Waals surface area contributed by atoms with E-state index in [1.165, 1.54) is 34.6 Å². The molecule has 14 heavy (non-hydrogen) atoms. The molecule has 1 aliphatic heterocycles. The van der Waals surface area contributed by atoms with Gasteiger partial charge in [0.1, 0.15) is 0 Å².